The van der Waals surface area contributed by atoms with E-state index in [1.54, 1.807) is 16.8 Å². The van der Waals surface area contributed by atoms with Gasteiger partial charge in [0.1, 0.15) is 5.82 Å². The van der Waals surface area contributed by atoms with E-state index in [1.165, 1.54) is 23.5 Å². The second-order valence-electron chi connectivity index (χ2n) is 3.74. The highest BCUT2D eigenvalue weighted by atomic mass is 35.5. The summed E-state index contributed by atoms with van der Waals surface area (Å²) >= 11 is 1.33. The van der Waals surface area contributed by atoms with E-state index >= 15 is 0 Å². The van der Waals surface area contributed by atoms with Gasteiger partial charge < -0.3 is 5.73 Å². The van der Waals surface area contributed by atoms with E-state index in [0.717, 1.165) is 6.07 Å². The zero-order chi connectivity index (χ0) is 13.3. The highest BCUT2D eigenvalue weighted by molar-refractivity contribution is 7.08. The third-order valence-corrected chi connectivity index (χ3v) is 3.27. The third kappa shape index (κ3) is 3.26. The SMILES string of the molecule is Cl.N[C@H](c1ccsc1)c1cccc(F)c1C(F)(F)F. The molecule has 1 heterocycles. The van der Waals surface area contributed by atoms with Gasteiger partial charge in [0, 0.05) is 0 Å². The molecule has 0 saturated carbocycles. The maximum Gasteiger partial charge on any atom is 0.419 e. The van der Waals surface area contributed by atoms with Crippen LogP contribution < -0.4 is 5.73 Å². The molecule has 0 saturated heterocycles. The van der Waals surface area contributed by atoms with Crippen molar-refractivity contribution in [3.05, 3.63) is 57.5 Å². The van der Waals surface area contributed by atoms with Crippen molar-refractivity contribution in [3.63, 3.8) is 0 Å². The Morgan fingerprint density at radius 3 is 2.37 bits per heavy atom. The fraction of sp³-hybridized carbons (Fsp3) is 0.167. The fourth-order valence-electron chi connectivity index (χ4n) is 1.73. The molecule has 1 atom stereocenters. The van der Waals surface area contributed by atoms with Crippen molar-refractivity contribution < 1.29 is 17.6 Å². The lowest BCUT2D eigenvalue weighted by molar-refractivity contribution is -0.140. The van der Waals surface area contributed by atoms with Crippen molar-refractivity contribution in [1.29, 1.82) is 0 Å². The Kier molecular flexibility index (Phi) is 4.95. The van der Waals surface area contributed by atoms with Crippen LogP contribution in [0, 0.1) is 5.82 Å². The number of rotatable bonds is 2. The minimum atomic E-state index is -4.76. The van der Waals surface area contributed by atoms with Gasteiger partial charge in [-0.05, 0) is 34.0 Å². The summed E-state index contributed by atoms with van der Waals surface area (Å²) in [5, 5.41) is 3.36. The molecule has 0 aliphatic rings. The third-order valence-electron chi connectivity index (χ3n) is 2.57. The average Bonchev–Trinajstić information content (AvgIpc) is 2.79. The molecule has 1 aromatic heterocycles. The van der Waals surface area contributed by atoms with Crippen molar-refractivity contribution in [1.82, 2.24) is 0 Å². The Bertz CT molecular complexity index is 539. The van der Waals surface area contributed by atoms with Gasteiger partial charge in [-0.15, -0.1) is 12.4 Å². The predicted octanol–water partition coefficient (Wildman–Crippen LogP) is 4.38. The van der Waals surface area contributed by atoms with Crippen LogP contribution in [0.3, 0.4) is 0 Å². The summed E-state index contributed by atoms with van der Waals surface area (Å²) in [5.74, 6) is -1.30. The van der Waals surface area contributed by atoms with Crippen LogP contribution in [0.4, 0.5) is 17.6 Å². The number of hydrogen-bond acceptors (Lipinski definition) is 2. The van der Waals surface area contributed by atoms with E-state index in [2.05, 4.69) is 0 Å². The molecule has 0 aliphatic carbocycles. The molecule has 19 heavy (non-hydrogen) atoms. The predicted molar refractivity (Wildman–Crippen MR) is 69.0 cm³/mol. The van der Waals surface area contributed by atoms with Crippen LogP contribution in [0.25, 0.3) is 0 Å². The van der Waals surface area contributed by atoms with Crippen molar-refractivity contribution in [2.24, 2.45) is 5.73 Å². The van der Waals surface area contributed by atoms with E-state index in [-0.39, 0.29) is 18.0 Å². The van der Waals surface area contributed by atoms with Crippen LogP contribution in [-0.4, -0.2) is 0 Å². The van der Waals surface area contributed by atoms with Gasteiger partial charge in [-0.1, -0.05) is 12.1 Å². The molecule has 0 unspecified atom stereocenters. The molecule has 2 aromatic rings. The van der Waals surface area contributed by atoms with E-state index < -0.39 is 23.6 Å². The molecule has 0 spiro atoms. The van der Waals surface area contributed by atoms with Gasteiger partial charge in [0.2, 0.25) is 0 Å². The molecule has 0 bridgehead atoms. The van der Waals surface area contributed by atoms with Crippen LogP contribution in [0.1, 0.15) is 22.7 Å². The number of thiophene rings is 1. The van der Waals surface area contributed by atoms with Crippen LogP contribution >= 0.6 is 23.7 Å². The standard InChI is InChI=1S/C12H9F4NS.ClH/c13-9-3-1-2-8(10(9)12(14,15)16)11(17)7-4-5-18-6-7;/h1-6,11H,17H2;1H/t11-;/m1./s1. The van der Waals surface area contributed by atoms with Gasteiger partial charge in [-0.2, -0.15) is 24.5 Å². The first-order valence-electron chi connectivity index (χ1n) is 5.04. The lowest BCUT2D eigenvalue weighted by Gasteiger charge is -2.18. The van der Waals surface area contributed by atoms with Gasteiger partial charge >= 0.3 is 6.18 Å². The molecule has 104 valence electrons. The summed E-state index contributed by atoms with van der Waals surface area (Å²) in [7, 11) is 0. The van der Waals surface area contributed by atoms with E-state index in [0.29, 0.717) is 5.56 Å². The van der Waals surface area contributed by atoms with Gasteiger partial charge in [0.25, 0.3) is 0 Å². The van der Waals surface area contributed by atoms with Gasteiger partial charge in [-0.25, -0.2) is 4.39 Å². The molecule has 0 aliphatic heterocycles. The highest BCUT2D eigenvalue weighted by Crippen LogP contribution is 2.37. The summed E-state index contributed by atoms with van der Waals surface area (Å²) in [6, 6.07) is 3.86. The molecule has 1 nitrogen and oxygen atoms in total. The Hall–Kier alpha value is -1.11. The minimum Gasteiger partial charge on any atom is -0.320 e. The quantitative estimate of drug-likeness (QED) is 0.819. The molecule has 0 radical (unpaired) electrons. The summed E-state index contributed by atoms with van der Waals surface area (Å²) in [6.07, 6.45) is -4.76. The van der Waals surface area contributed by atoms with Gasteiger partial charge in [0.05, 0.1) is 11.6 Å². The van der Waals surface area contributed by atoms with E-state index in [4.69, 9.17) is 5.73 Å². The molecule has 0 amide bonds. The van der Waals surface area contributed by atoms with Crippen molar-refractivity contribution in [3.8, 4) is 0 Å². The fourth-order valence-corrected chi connectivity index (χ4v) is 2.43. The molecule has 2 N–H and O–H groups in total. The largest absolute Gasteiger partial charge is 0.419 e. The number of nitrogens with two attached hydrogens (primary N) is 1. The minimum absolute atomic E-state index is 0. The number of hydrogen-bond donors (Lipinski definition) is 1. The topological polar surface area (TPSA) is 26.0 Å². The van der Waals surface area contributed by atoms with Gasteiger partial charge in [-0.3, -0.25) is 0 Å². The lowest BCUT2D eigenvalue weighted by Crippen LogP contribution is -2.19. The molecule has 1 aromatic carbocycles. The molecule has 7 heteroatoms. The normalized spacial score (nSPS) is 12.9. The highest BCUT2D eigenvalue weighted by Gasteiger charge is 2.38. The first-order chi connectivity index (χ1) is 8.41. The zero-order valence-corrected chi connectivity index (χ0v) is 11.1. The lowest BCUT2D eigenvalue weighted by atomic mass is 9.96. The Balaban J connectivity index is 0.00000180. The summed E-state index contributed by atoms with van der Waals surface area (Å²) < 4.78 is 51.8. The van der Waals surface area contributed by atoms with Crippen molar-refractivity contribution >= 4 is 23.7 Å². The average molecular weight is 312 g/mol. The van der Waals surface area contributed by atoms with Crippen LogP contribution in [0.5, 0.6) is 0 Å². The maximum atomic E-state index is 13.4. The number of benzene rings is 1. The Labute approximate surface area is 117 Å². The second-order valence-corrected chi connectivity index (χ2v) is 4.52. The Morgan fingerprint density at radius 2 is 1.84 bits per heavy atom. The smallest absolute Gasteiger partial charge is 0.320 e. The van der Waals surface area contributed by atoms with Crippen LogP contribution in [0.2, 0.25) is 0 Å². The molecule has 0 fully saturated rings. The summed E-state index contributed by atoms with van der Waals surface area (Å²) in [4.78, 5) is 0. The summed E-state index contributed by atoms with van der Waals surface area (Å²) in [6.45, 7) is 0. The van der Waals surface area contributed by atoms with E-state index in [9.17, 15) is 17.6 Å². The molecular formula is C12H10ClF4NS. The van der Waals surface area contributed by atoms with E-state index in [1.807, 2.05) is 0 Å². The molecule has 2 rings (SSSR count). The van der Waals surface area contributed by atoms with Gasteiger partial charge in [0.15, 0.2) is 0 Å². The Morgan fingerprint density at radius 1 is 1.16 bits per heavy atom. The maximum absolute atomic E-state index is 13.4. The number of halogens is 5. The first-order valence-corrected chi connectivity index (χ1v) is 5.99. The first kappa shape index (κ1) is 15.9. The zero-order valence-electron chi connectivity index (χ0n) is 9.45. The van der Waals surface area contributed by atoms with Crippen molar-refractivity contribution in [2.75, 3.05) is 0 Å². The monoisotopic (exact) mass is 311 g/mol. The second kappa shape index (κ2) is 5.90. The van der Waals surface area contributed by atoms with Crippen LogP contribution in [0.15, 0.2) is 35.0 Å². The molecular weight excluding hydrogens is 302 g/mol. The van der Waals surface area contributed by atoms with Crippen molar-refractivity contribution in [2.45, 2.75) is 12.2 Å². The number of alkyl halides is 3. The summed E-state index contributed by atoms with van der Waals surface area (Å²) in [5.41, 5.74) is 4.77. The van der Waals surface area contributed by atoms with Crippen LogP contribution in [-0.2, 0) is 6.18 Å².